The van der Waals surface area contributed by atoms with Crippen molar-refractivity contribution >= 4 is 0 Å². The molecule has 2 unspecified atom stereocenters. The first-order valence-corrected chi connectivity index (χ1v) is 5.87. The van der Waals surface area contributed by atoms with Crippen LogP contribution < -0.4 is 5.48 Å². The van der Waals surface area contributed by atoms with Crippen molar-refractivity contribution in [2.75, 3.05) is 13.6 Å². The Hall–Kier alpha value is -0.900. The van der Waals surface area contributed by atoms with Crippen molar-refractivity contribution < 1.29 is 4.84 Å². The summed E-state index contributed by atoms with van der Waals surface area (Å²) in [5.41, 5.74) is 4.35. The molecule has 0 radical (unpaired) electrons. The molecule has 1 aliphatic rings. The quantitative estimate of drug-likeness (QED) is 0.783. The van der Waals surface area contributed by atoms with Gasteiger partial charge >= 0.3 is 0 Å². The normalized spacial score (nSPS) is 26.1. The van der Waals surface area contributed by atoms with Gasteiger partial charge in [-0.3, -0.25) is 4.84 Å². The van der Waals surface area contributed by atoms with E-state index in [4.69, 9.17) is 4.84 Å². The molecule has 1 aromatic rings. The van der Waals surface area contributed by atoms with Gasteiger partial charge in [-0.1, -0.05) is 30.3 Å². The van der Waals surface area contributed by atoms with Crippen molar-refractivity contribution in [2.24, 2.45) is 0 Å². The van der Waals surface area contributed by atoms with E-state index in [0.29, 0.717) is 18.7 Å². The van der Waals surface area contributed by atoms with Crippen molar-refractivity contribution in [2.45, 2.75) is 32.0 Å². The third-order valence-corrected chi connectivity index (χ3v) is 3.22. The molecule has 88 valence electrons. The molecule has 1 fully saturated rings. The van der Waals surface area contributed by atoms with Crippen molar-refractivity contribution in [3.63, 3.8) is 0 Å². The van der Waals surface area contributed by atoms with Crippen LogP contribution in [0.15, 0.2) is 30.3 Å². The highest BCUT2D eigenvalue weighted by atomic mass is 16.6. The first-order valence-electron chi connectivity index (χ1n) is 5.87. The van der Waals surface area contributed by atoms with E-state index in [9.17, 15) is 0 Å². The lowest BCUT2D eigenvalue weighted by atomic mass is 10.2. The van der Waals surface area contributed by atoms with Crippen LogP contribution in [0.5, 0.6) is 0 Å². The van der Waals surface area contributed by atoms with Gasteiger partial charge in [-0.2, -0.15) is 5.48 Å². The summed E-state index contributed by atoms with van der Waals surface area (Å²) in [6.07, 6.45) is 1.16. The standard InChI is InChI=1S/C13H20N2O/c1-11-8-13(9-15(11)2)14-16-10-12-6-4-3-5-7-12/h3-7,11,13-14H,8-10H2,1-2H3. The number of benzene rings is 1. The Morgan fingerprint density at radius 1 is 1.38 bits per heavy atom. The highest BCUT2D eigenvalue weighted by molar-refractivity contribution is 5.13. The maximum atomic E-state index is 5.52. The smallest absolute Gasteiger partial charge is 0.0933 e. The van der Waals surface area contributed by atoms with E-state index in [1.165, 1.54) is 5.56 Å². The monoisotopic (exact) mass is 220 g/mol. The largest absolute Gasteiger partial charge is 0.302 e. The number of hydrogen-bond acceptors (Lipinski definition) is 3. The minimum atomic E-state index is 0.462. The molecule has 0 aliphatic carbocycles. The van der Waals surface area contributed by atoms with Crippen molar-refractivity contribution in [3.05, 3.63) is 35.9 Å². The summed E-state index contributed by atoms with van der Waals surface area (Å²) in [7, 11) is 2.16. The molecule has 0 spiro atoms. The van der Waals surface area contributed by atoms with Gasteiger partial charge in [0.1, 0.15) is 0 Å². The summed E-state index contributed by atoms with van der Waals surface area (Å²) in [5, 5.41) is 0. The second-order valence-corrected chi connectivity index (χ2v) is 4.61. The fourth-order valence-electron chi connectivity index (χ4n) is 2.10. The molecule has 3 nitrogen and oxygen atoms in total. The van der Waals surface area contributed by atoms with Crippen LogP contribution in [0, 0.1) is 0 Å². The number of hydrogen-bond donors (Lipinski definition) is 1. The Bertz CT molecular complexity index is 305. The van der Waals surface area contributed by atoms with Gasteiger partial charge in [0.15, 0.2) is 0 Å². The average Bonchev–Trinajstić information content (AvgIpc) is 2.60. The number of rotatable bonds is 4. The Labute approximate surface area is 97.4 Å². The second kappa shape index (κ2) is 5.43. The van der Waals surface area contributed by atoms with Crippen LogP contribution in [0.2, 0.25) is 0 Å². The van der Waals surface area contributed by atoms with Gasteiger partial charge in [-0.15, -0.1) is 0 Å². The lowest BCUT2D eigenvalue weighted by Gasteiger charge is -2.13. The number of nitrogens with one attached hydrogen (secondary N) is 1. The minimum absolute atomic E-state index is 0.462. The fraction of sp³-hybridized carbons (Fsp3) is 0.538. The number of nitrogens with zero attached hydrogens (tertiary/aromatic N) is 1. The molecule has 0 amide bonds. The zero-order valence-electron chi connectivity index (χ0n) is 10.0. The van der Waals surface area contributed by atoms with Gasteiger partial charge in [0.25, 0.3) is 0 Å². The van der Waals surface area contributed by atoms with E-state index >= 15 is 0 Å². The molecule has 1 aromatic carbocycles. The van der Waals surface area contributed by atoms with Crippen molar-refractivity contribution in [1.82, 2.24) is 10.4 Å². The predicted octanol–water partition coefficient (Wildman–Crippen LogP) is 1.80. The Kier molecular flexibility index (Phi) is 3.93. The molecule has 1 aliphatic heterocycles. The molecule has 2 atom stereocenters. The molecule has 2 rings (SSSR count). The average molecular weight is 220 g/mol. The van der Waals surface area contributed by atoms with Gasteiger partial charge in [0, 0.05) is 18.6 Å². The molecule has 0 bridgehead atoms. The molecule has 0 saturated carbocycles. The van der Waals surface area contributed by atoms with Crippen molar-refractivity contribution in [3.8, 4) is 0 Å². The zero-order valence-corrected chi connectivity index (χ0v) is 10.0. The predicted molar refractivity (Wildman–Crippen MR) is 64.9 cm³/mol. The Morgan fingerprint density at radius 3 is 2.75 bits per heavy atom. The van der Waals surface area contributed by atoms with Gasteiger partial charge in [0.05, 0.1) is 6.61 Å². The van der Waals surface area contributed by atoms with Crippen LogP contribution >= 0.6 is 0 Å². The van der Waals surface area contributed by atoms with Gasteiger partial charge < -0.3 is 4.90 Å². The molecule has 1 saturated heterocycles. The van der Waals surface area contributed by atoms with Crippen LogP contribution in [-0.2, 0) is 11.4 Å². The summed E-state index contributed by atoms with van der Waals surface area (Å²) >= 11 is 0. The van der Waals surface area contributed by atoms with E-state index in [2.05, 4.69) is 36.5 Å². The van der Waals surface area contributed by atoms with E-state index < -0.39 is 0 Å². The molecule has 16 heavy (non-hydrogen) atoms. The fourth-order valence-corrected chi connectivity index (χ4v) is 2.10. The summed E-state index contributed by atoms with van der Waals surface area (Å²) in [6, 6.07) is 11.3. The lowest BCUT2D eigenvalue weighted by molar-refractivity contribution is 0.00607. The molecule has 1 heterocycles. The number of likely N-dealkylation sites (N-methyl/N-ethyl adjacent to an activating group) is 1. The molecule has 0 aromatic heterocycles. The van der Waals surface area contributed by atoms with E-state index in [1.54, 1.807) is 0 Å². The van der Waals surface area contributed by atoms with Crippen molar-refractivity contribution in [1.29, 1.82) is 0 Å². The third-order valence-electron chi connectivity index (χ3n) is 3.22. The van der Waals surface area contributed by atoms with E-state index in [0.717, 1.165) is 13.0 Å². The van der Waals surface area contributed by atoms with Crippen LogP contribution in [0.3, 0.4) is 0 Å². The van der Waals surface area contributed by atoms with Crippen LogP contribution in [0.25, 0.3) is 0 Å². The first kappa shape index (κ1) is 11.6. The van der Waals surface area contributed by atoms with Gasteiger partial charge in [-0.05, 0) is 26.0 Å². The Balaban J connectivity index is 1.69. The first-order chi connectivity index (χ1) is 7.75. The molecule has 1 N–H and O–H groups in total. The molecular formula is C13H20N2O. The Morgan fingerprint density at radius 2 is 2.12 bits per heavy atom. The van der Waals surface area contributed by atoms with Crippen LogP contribution in [-0.4, -0.2) is 30.6 Å². The SMILES string of the molecule is CC1CC(NOCc2ccccc2)CN1C. The topological polar surface area (TPSA) is 24.5 Å². The highest BCUT2D eigenvalue weighted by Crippen LogP contribution is 2.14. The number of hydroxylamine groups is 1. The summed E-state index contributed by atoms with van der Waals surface area (Å²) in [4.78, 5) is 7.87. The summed E-state index contributed by atoms with van der Waals surface area (Å²) < 4.78 is 0. The second-order valence-electron chi connectivity index (χ2n) is 4.61. The lowest BCUT2D eigenvalue weighted by Crippen LogP contribution is -2.31. The van der Waals surface area contributed by atoms with Gasteiger partial charge in [0.2, 0.25) is 0 Å². The van der Waals surface area contributed by atoms with E-state index in [-0.39, 0.29) is 0 Å². The van der Waals surface area contributed by atoms with E-state index in [1.807, 2.05) is 18.2 Å². The molecule has 3 heteroatoms. The maximum absolute atomic E-state index is 5.52. The summed E-state index contributed by atoms with van der Waals surface area (Å²) in [6.45, 7) is 3.95. The zero-order chi connectivity index (χ0) is 11.4. The summed E-state index contributed by atoms with van der Waals surface area (Å²) in [5.74, 6) is 0. The maximum Gasteiger partial charge on any atom is 0.0933 e. The highest BCUT2D eigenvalue weighted by Gasteiger charge is 2.25. The third kappa shape index (κ3) is 3.04. The van der Waals surface area contributed by atoms with Crippen LogP contribution in [0.4, 0.5) is 0 Å². The molecular weight excluding hydrogens is 200 g/mol. The van der Waals surface area contributed by atoms with Crippen LogP contribution in [0.1, 0.15) is 18.9 Å². The van der Waals surface area contributed by atoms with Gasteiger partial charge in [-0.25, -0.2) is 0 Å². The minimum Gasteiger partial charge on any atom is -0.302 e. The number of likely N-dealkylation sites (tertiary alicyclic amines) is 1.